The quantitative estimate of drug-likeness (QED) is 0.357. The van der Waals surface area contributed by atoms with Crippen LogP contribution in [0, 0.1) is 13.8 Å². The van der Waals surface area contributed by atoms with Crippen LogP contribution in [0.5, 0.6) is 0 Å². The number of hydrogen-bond donors (Lipinski definition) is 0. The first-order valence-electron chi connectivity index (χ1n) is 9.72. The van der Waals surface area contributed by atoms with Crippen LogP contribution in [0.25, 0.3) is 0 Å². The van der Waals surface area contributed by atoms with Gasteiger partial charge in [0.05, 0.1) is 22.4 Å². The van der Waals surface area contributed by atoms with E-state index in [-0.39, 0.29) is 22.5 Å². The van der Waals surface area contributed by atoms with Gasteiger partial charge in [-0.1, -0.05) is 35.9 Å². The van der Waals surface area contributed by atoms with Gasteiger partial charge in [0, 0.05) is 5.56 Å². The lowest BCUT2D eigenvalue weighted by Crippen LogP contribution is -2.29. The van der Waals surface area contributed by atoms with Crippen molar-refractivity contribution >= 4 is 29.3 Å². The van der Waals surface area contributed by atoms with E-state index in [2.05, 4.69) is 0 Å². The van der Waals surface area contributed by atoms with Crippen LogP contribution in [0.15, 0.2) is 66.7 Å². The lowest BCUT2D eigenvalue weighted by molar-refractivity contribution is 0.0474. The SMILES string of the molecule is Cc1ccc(C)c(C(=O)COC(=O)c2ccc3c(c2)C(=O)N(c2ccccc2)C3=O)c1. The molecule has 0 N–H and O–H groups in total. The number of carbonyl (C=O) groups is 4. The number of benzene rings is 3. The Hall–Kier alpha value is -4.06. The lowest BCUT2D eigenvalue weighted by Gasteiger charge is -2.13. The van der Waals surface area contributed by atoms with Gasteiger partial charge in [-0.05, 0) is 55.8 Å². The lowest BCUT2D eigenvalue weighted by atomic mass is 10.0. The van der Waals surface area contributed by atoms with Gasteiger partial charge in [-0.2, -0.15) is 0 Å². The van der Waals surface area contributed by atoms with Gasteiger partial charge in [-0.25, -0.2) is 9.69 Å². The average Bonchev–Trinajstić information content (AvgIpc) is 3.03. The van der Waals surface area contributed by atoms with Gasteiger partial charge in [-0.3, -0.25) is 14.4 Å². The van der Waals surface area contributed by atoms with Gasteiger partial charge in [0.15, 0.2) is 6.61 Å². The van der Waals surface area contributed by atoms with Crippen LogP contribution >= 0.6 is 0 Å². The zero-order valence-corrected chi connectivity index (χ0v) is 17.0. The Morgan fingerprint density at radius 1 is 0.839 bits per heavy atom. The molecule has 0 saturated heterocycles. The number of para-hydroxylation sites is 1. The molecule has 0 saturated carbocycles. The number of ether oxygens (including phenoxy) is 1. The number of imide groups is 1. The fourth-order valence-corrected chi connectivity index (χ4v) is 3.51. The van der Waals surface area contributed by atoms with E-state index in [0.717, 1.165) is 16.0 Å². The normalized spacial score (nSPS) is 12.6. The van der Waals surface area contributed by atoms with Crippen molar-refractivity contribution < 1.29 is 23.9 Å². The van der Waals surface area contributed by atoms with Crippen LogP contribution in [-0.2, 0) is 4.74 Å². The third-order valence-electron chi connectivity index (χ3n) is 5.16. The van der Waals surface area contributed by atoms with Crippen LogP contribution in [0.2, 0.25) is 0 Å². The van der Waals surface area contributed by atoms with E-state index in [0.29, 0.717) is 11.3 Å². The minimum Gasteiger partial charge on any atom is -0.454 e. The third kappa shape index (κ3) is 3.75. The summed E-state index contributed by atoms with van der Waals surface area (Å²) in [5.74, 6) is -2.00. The Labute approximate surface area is 179 Å². The van der Waals surface area contributed by atoms with Crippen LogP contribution in [0.4, 0.5) is 5.69 Å². The summed E-state index contributed by atoms with van der Waals surface area (Å²) in [6.07, 6.45) is 0. The van der Waals surface area contributed by atoms with Crippen molar-refractivity contribution in [1.29, 1.82) is 0 Å². The van der Waals surface area contributed by atoms with Crippen molar-refractivity contribution in [2.45, 2.75) is 13.8 Å². The molecule has 3 aromatic rings. The van der Waals surface area contributed by atoms with E-state index < -0.39 is 24.4 Å². The maximum Gasteiger partial charge on any atom is 0.338 e. The summed E-state index contributed by atoms with van der Waals surface area (Å²) in [5.41, 5.74) is 3.14. The molecule has 0 aromatic heterocycles. The smallest absolute Gasteiger partial charge is 0.338 e. The molecule has 0 radical (unpaired) electrons. The number of aryl methyl sites for hydroxylation is 2. The van der Waals surface area contributed by atoms with Crippen LogP contribution in [0.3, 0.4) is 0 Å². The first-order chi connectivity index (χ1) is 14.9. The highest BCUT2D eigenvalue weighted by Crippen LogP contribution is 2.29. The molecule has 1 aliphatic heterocycles. The number of carbonyl (C=O) groups excluding carboxylic acids is 4. The van der Waals surface area contributed by atoms with Gasteiger partial charge in [0.1, 0.15) is 0 Å². The second-order valence-corrected chi connectivity index (χ2v) is 7.36. The molecule has 6 heteroatoms. The van der Waals surface area contributed by atoms with Crippen LogP contribution in [-0.4, -0.2) is 30.2 Å². The van der Waals surface area contributed by atoms with Crippen molar-refractivity contribution in [2.24, 2.45) is 0 Å². The molecule has 31 heavy (non-hydrogen) atoms. The van der Waals surface area contributed by atoms with Gasteiger partial charge in [-0.15, -0.1) is 0 Å². The number of ketones is 1. The molecular formula is C25H19NO5. The molecule has 1 aliphatic rings. The summed E-state index contributed by atoms with van der Waals surface area (Å²) in [4.78, 5) is 51.5. The molecule has 0 fully saturated rings. The minimum atomic E-state index is -0.736. The third-order valence-corrected chi connectivity index (χ3v) is 5.16. The Balaban J connectivity index is 1.51. The van der Waals surface area contributed by atoms with Crippen molar-refractivity contribution in [3.8, 4) is 0 Å². The molecule has 1 heterocycles. The number of fused-ring (bicyclic) bond motifs is 1. The maximum atomic E-state index is 12.8. The molecular weight excluding hydrogens is 394 g/mol. The van der Waals surface area contributed by atoms with Gasteiger partial charge < -0.3 is 4.74 Å². The molecule has 0 unspecified atom stereocenters. The summed E-state index contributed by atoms with van der Waals surface area (Å²) in [5, 5.41) is 0. The number of Topliss-reactive ketones (excluding diaryl/α,β-unsaturated/α-hetero) is 1. The van der Waals surface area contributed by atoms with Crippen molar-refractivity contribution in [3.63, 3.8) is 0 Å². The molecule has 0 spiro atoms. The summed E-state index contributed by atoms with van der Waals surface area (Å²) in [6, 6.07) is 18.3. The monoisotopic (exact) mass is 413 g/mol. The Morgan fingerprint density at radius 3 is 2.29 bits per heavy atom. The molecule has 0 atom stereocenters. The number of esters is 1. The van der Waals surface area contributed by atoms with Crippen molar-refractivity contribution in [3.05, 3.63) is 100 Å². The van der Waals surface area contributed by atoms with E-state index in [4.69, 9.17) is 4.74 Å². The Morgan fingerprint density at radius 2 is 1.55 bits per heavy atom. The fraction of sp³-hybridized carbons (Fsp3) is 0.120. The first kappa shape index (κ1) is 20.2. The van der Waals surface area contributed by atoms with E-state index in [1.54, 1.807) is 36.4 Å². The number of rotatable bonds is 5. The first-order valence-corrected chi connectivity index (χ1v) is 9.72. The molecule has 0 aliphatic carbocycles. The zero-order chi connectivity index (χ0) is 22.1. The maximum absolute atomic E-state index is 12.8. The number of amides is 2. The zero-order valence-electron chi connectivity index (χ0n) is 17.0. The highest BCUT2D eigenvalue weighted by Gasteiger charge is 2.37. The molecule has 6 nitrogen and oxygen atoms in total. The summed E-state index contributed by atoms with van der Waals surface area (Å²) in [7, 11) is 0. The summed E-state index contributed by atoms with van der Waals surface area (Å²) >= 11 is 0. The van der Waals surface area contributed by atoms with Gasteiger partial charge >= 0.3 is 5.97 Å². The van der Waals surface area contributed by atoms with Gasteiger partial charge in [0.25, 0.3) is 11.8 Å². The average molecular weight is 413 g/mol. The van der Waals surface area contributed by atoms with Crippen LogP contribution in [0.1, 0.15) is 52.6 Å². The highest BCUT2D eigenvalue weighted by atomic mass is 16.5. The largest absolute Gasteiger partial charge is 0.454 e. The number of anilines is 1. The minimum absolute atomic E-state index is 0.101. The van der Waals surface area contributed by atoms with Gasteiger partial charge in [0.2, 0.25) is 5.78 Å². The molecule has 4 rings (SSSR count). The second kappa shape index (κ2) is 7.99. The topological polar surface area (TPSA) is 80.8 Å². The van der Waals surface area contributed by atoms with E-state index in [9.17, 15) is 19.2 Å². The Bertz CT molecular complexity index is 1230. The number of hydrogen-bond acceptors (Lipinski definition) is 5. The molecule has 2 amide bonds. The summed E-state index contributed by atoms with van der Waals surface area (Å²) in [6.45, 7) is 3.28. The number of nitrogens with zero attached hydrogens (tertiary/aromatic N) is 1. The van der Waals surface area contributed by atoms with Crippen molar-refractivity contribution in [1.82, 2.24) is 0 Å². The van der Waals surface area contributed by atoms with E-state index in [1.165, 1.54) is 18.2 Å². The standard InChI is InChI=1S/C25H19NO5/c1-15-8-9-16(2)20(12-15)22(27)14-31-25(30)17-10-11-19-21(13-17)24(29)26(23(19)28)18-6-4-3-5-7-18/h3-13H,14H2,1-2H3. The Kier molecular flexibility index (Phi) is 5.21. The second-order valence-electron chi connectivity index (χ2n) is 7.36. The molecule has 154 valence electrons. The molecule has 3 aromatic carbocycles. The van der Waals surface area contributed by atoms with Crippen molar-refractivity contribution in [2.75, 3.05) is 11.5 Å². The fourth-order valence-electron chi connectivity index (χ4n) is 3.51. The highest BCUT2D eigenvalue weighted by molar-refractivity contribution is 6.34. The van der Waals surface area contributed by atoms with E-state index >= 15 is 0 Å². The molecule has 0 bridgehead atoms. The predicted molar refractivity (Wildman–Crippen MR) is 115 cm³/mol. The summed E-state index contributed by atoms with van der Waals surface area (Å²) < 4.78 is 5.17. The van der Waals surface area contributed by atoms with Crippen LogP contribution < -0.4 is 4.90 Å². The van der Waals surface area contributed by atoms with E-state index in [1.807, 2.05) is 26.0 Å². The predicted octanol–water partition coefficient (Wildman–Crippen LogP) is 4.14.